The molecule has 0 aliphatic rings. The first-order chi connectivity index (χ1) is 12.4. The van der Waals surface area contributed by atoms with Crippen LogP contribution >= 0.6 is 0 Å². The second-order valence-corrected chi connectivity index (χ2v) is 6.92. The average molecular weight is 356 g/mol. The van der Waals surface area contributed by atoms with Gasteiger partial charge in [-0.25, -0.2) is 9.38 Å². The van der Waals surface area contributed by atoms with Crippen LogP contribution in [0.2, 0.25) is 0 Å². The van der Waals surface area contributed by atoms with Crippen LogP contribution in [0.3, 0.4) is 0 Å². The Kier molecular flexibility index (Phi) is 7.16. The van der Waals surface area contributed by atoms with E-state index in [2.05, 4.69) is 36.3 Å². The van der Waals surface area contributed by atoms with Gasteiger partial charge in [-0.1, -0.05) is 38.1 Å². The summed E-state index contributed by atoms with van der Waals surface area (Å²) in [6, 6.07) is 13.4. The van der Waals surface area contributed by atoms with Crippen molar-refractivity contribution in [3.8, 4) is 0 Å². The Morgan fingerprint density at radius 2 is 1.88 bits per heavy atom. The number of aliphatic imine (C=N–C) groups is 1. The normalized spacial score (nSPS) is 13.1. The van der Waals surface area contributed by atoms with Gasteiger partial charge in [-0.15, -0.1) is 0 Å². The van der Waals surface area contributed by atoms with Crippen molar-refractivity contribution in [2.75, 3.05) is 19.4 Å². The van der Waals surface area contributed by atoms with Crippen LogP contribution in [0.1, 0.15) is 42.9 Å². The van der Waals surface area contributed by atoms with Gasteiger partial charge >= 0.3 is 0 Å². The molecular formula is C21H29FN4. The molecule has 0 aromatic heterocycles. The Hall–Kier alpha value is -2.40. The summed E-state index contributed by atoms with van der Waals surface area (Å²) in [7, 11) is 3.83. The topological polar surface area (TPSA) is 53.6 Å². The number of rotatable bonds is 7. The van der Waals surface area contributed by atoms with E-state index in [4.69, 9.17) is 5.73 Å². The first kappa shape index (κ1) is 19.9. The molecule has 0 heterocycles. The molecule has 0 amide bonds. The molecule has 0 radical (unpaired) electrons. The van der Waals surface area contributed by atoms with Gasteiger partial charge in [0.2, 0.25) is 0 Å². The minimum Gasteiger partial charge on any atom is -0.370 e. The number of guanidine groups is 1. The fourth-order valence-electron chi connectivity index (χ4n) is 2.65. The van der Waals surface area contributed by atoms with E-state index in [9.17, 15) is 4.39 Å². The first-order valence-corrected chi connectivity index (χ1v) is 8.98. The summed E-state index contributed by atoms with van der Waals surface area (Å²) in [6.45, 7) is 5.30. The quantitative estimate of drug-likeness (QED) is 0.573. The minimum atomic E-state index is -0.210. The van der Waals surface area contributed by atoms with E-state index in [0.717, 1.165) is 17.7 Å². The van der Waals surface area contributed by atoms with E-state index >= 15 is 0 Å². The van der Waals surface area contributed by atoms with Crippen LogP contribution in [0.4, 0.5) is 10.1 Å². The molecule has 0 aliphatic heterocycles. The fraction of sp³-hybridized carbons (Fsp3) is 0.381. The van der Waals surface area contributed by atoms with Crippen LogP contribution in [0.15, 0.2) is 47.5 Å². The van der Waals surface area contributed by atoms with E-state index in [1.54, 1.807) is 6.07 Å². The molecule has 2 rings (SSSR count). The van der Waals surface area contributed by atoms with Crippen molar-refractivity contribution in [3.63, 3.8) is 0 Å². The van der Waals surface area contributed by atoms with Gasteiger partial charge in [0.05, 0.1) is 6.54 Å². The van der Waals surface area contributed by atoms with Crippen molar-refractivity contribution in [1.29, 1.82) is 0 Å². The van der Waals surface area contributed by atoms with Gasteiger partial charge in [0.25, 0.3) is 0 Å². The van der Waals surface area contributed by atoms with Crippen LogP contribution in [0.25, 0.3) is 0 Å². The summed E-state index contributed by atoms with van der Waals surface area (Å²) in [5.74, 6) is 0.651. The lowest BCUT2D eigenvalue weighted by Gasteiger charge is -2.12. The van der Waals surface area contributed by atoms with Gasteiger partial charge < -0.3 is 16.0 Å². The molecule has 0 saturated carbocycles. The second kappa shape index (κ2) is 9.34. The number of benzene rings is 2. The highest BCUT2D eigenvalue weighted by Crippen LogP contribution is 2.20. The number of nitrogens with two attached hydrogens (primary N) is 1. The molecule has 0 saturated heterocycles. The molecule has 1 atom stereocenters. The maximum atomic E-state index is 14.1. The van der Waals surface area contributed by atoms with Crippen LogP contribution < -0.4 is 11.1 Å². The third-order valence-corrected chi connectivity index (χ3v) is 4.40. The van der Waals surface area contributed by atoms with Crippen molar-refractivity contribution in [3.05, 3.63) is 65.0 Å². The molecule has 0 bridgehead atoms. The second-order valence-electron chi connectivity index (χ2n) is 6.92. The third kappa shape index (κ3) is 5.85. The largest absolute Gasteiger partial charge is 0.370 e. The molecular weight excluding hydrogens is 327 g/mol. The molecule has 4 nitrogen and oxygen atoms in total. The lowest BCUT2D eigenvalue weighted by atomic mass is 9.99. The van der Waals surface area contributed by atoms with Crippen molar-refractivity contribution in [1.82, 2.24) is 4.90 Å². The number of nitrogens with one attached hydrogen (secondary N) is 1. The van der Waals surface area contributed by atoms with Gasteiger partial charge in [-0.05, 0) is 55.8 Å². The number of hydrogen-bond acceptors (Lipinski definition) is 2. The first-order valence-electron chi connectivity index (χ1n) is 8.98. The molecule has 2 aromatic carbocycles. The number of anilines is 1. The predicted octanol–water partition coefficient (Wildman–Crippen LogP) is 4.33. The highest BCUT2D eigenvalue weighted by atomic mass is 19.1. The summed E-state index contributed by atoms with van der Waals surface area (Å²) in [5, 5.41) is 3.08. The molecule has 26 heavy (non-hydrogen) atoms. The van der Waals surface area contributed by atoms with Gasteiger partial charge in [-0.2, -0.15) is 0 Å². The van der Waals surface area contributed by atoms with Crippen LogP contribution in [-0.4, -0.2) is 25.0 Å². The molecule has 2 aromatic rings. The standard InChI is InChI=1S/C21H29FN4/c1-5-15(2)17-8-10-19(11-9-17)25-21(23)24-13-16-6-7-18(14-26(3)4)20(22)12-16/h6-12,15H,5,13-14H2,1-4H3,(H3,23,24,25). The van der Waals surface area contributed by atoms with Crippen LogP contribution in [-0.2, 0) is 13.1 Å². The lowest BCUT2D eigenvalue weighted by Crippen LogP contribution is -2.22. The summed E-state index contributed by atoms with van der Waals surface area (Å²) < 4.78 is 14.1. The zero-order valence-corrected chi connectivity index (χ0v) is 16.1. The maximum absolute atomic E-state index is 14.1. The zero-order valence-electron chi connectivity index (χ0n) is 16.1. The van der Waals surface area contributed by atoms with E-state index in [0.29, 0.717) is 30.5 Å². The molecule has 0 spiro atoms. The SMILES string of the molecule is CCC(C)c1ccc(NC(N)=NCc2ccc(CN(C)C)c(F)c2)cc1. The van der Waals surface area contributed by atoms with Crippen molar-refractivity contribution < 1.29 is 4.39 Å². The fourth-order valence-corrected chi connectivity index (χ4v) is 2.65. The summed E-state index contributed by atoms with van der Waals surface area (Å²) in [4.78, 5) is 6.24. The Labute approximate surface area is 155 Å². The average Bonchev–Trinajstić information content (AvgIpc) is 2.61. The van der Waals surface area contributed by atoms with Gasteiger partial charge in [0, 0.05) is 17.8 Å². The molecule has 5 heteroatoms. The summed E-state index contributed by atoms with van der Waals surface area (Å²) >= 11 is 0. The monoisotopic (exact) mass is 356 g/mol. The Morgan fingerprint density at radius 1 is 1.19 bits per heavy atom. The van der Waals surface area contributed by atoms with E-state index in [1.165, 1.54) is 11.6 Å². The van der Waals surface area contributed by atoms with Gasteiger partial charge in [0.15, 0.2) is 5.96 Å². The van der Waals surface area contributed by atoms with Crippen molar-refractivity contribution in [2.24, 2.45) is 10.7 Å². The zero-order chi connectivity index (χ0) is 19.1. The molecule has 140 valence electrons. The van der Waals surface area contributed by atoms with E-state index in [1.807, 2.05) is 37.2 Å². The third-order valence-electron chi connectivity index (χ3n) is 4.40. The Morgan fingerprint density at radius 3 is 2.46 bits per heavy atom. The van der Waals surface area contributed by atoms with E-state index in [-0.39, 0.29) is 5.82 Å². The summed E-state index contributed by atoms with van der Waals surface area (Å²) in [6.07, 6.45) is 1.11. The molecule has 1 unspecified atom stereocenters. The maximum Gasteiger partial charge on any atom is 0.193 e. The smallest absolute Gasteiger partial charge is 0.193 e. The number of nitrogens with zero attached hydrogens (tertiary/aromatic N) is 2. The molecule has 3 N–H and O–H groups in total. The van der Waals surface area contributed by atoms with Gasteiger partial charge in [0.1, 0.15) is 5.82 Å². The van der Waals surface area contributed by atoms with Crippen molar-refractivity contribution >= 4 is 11.6 Å². The number of hydrogen-bond donors (Lipinski definition) is 2. The van der Waals surface area contributed by atoms with Crippen LogP contribution in [0, 0.1) is 5.82 Å². The molecule has 0 fully saturated rings. The Bertz CT molecular complexity index is 738. The van der Waals surface area contributed by atoms with Crippen LogP contribution in [0.5, 0.6) is 0 Å². The van der Waals surface area contributed by atoms with Gasteiger partial charge in [-0.3, -0.25) is 0 Å². The Balaban J connectivity index is 1.96. The predicted molar refractivity (Wildman–Crippen MR) is 108 cm³/mol. The summed E-state index contributed by atoms with van der Waals surface area (Å²) in [5.41, 5.74) is 9.62. The van der Waals surface area contributed by atoms with E-state index < -0.39 is 0 Å². The highest BCUT2D eigenvalue weighted by Gasteiger charge is 2.05. The molecule has 0 aliphatic carbocycles. The number of halogens is 1. The van der Waals surface area contributed by atoms with Crippen molar-refractivity contribution in [2.45, 2.75) is 39.3 Å². The highest BCUT2D eigenvalue weighted by molar-refractivity contribution is 5.92. The lowest BCUT2D eigenvalue weighted by molar-refractivity contribution is 0.392. The minimum absolute atomic E-state index is 0.210.